The van der Waals surface area contributed by atoms with E-state index in [0.717, 1.165) is 19.3 Å². The van der Waals surface area contributed by atoms with Crippen molar-refractivity contribution in [1.82, 2.24) is 0 Å². The molecule has 1 aliphatic carbocycles. The second kappa shape index (κ2) is 5.74. The molecule has 0 spiro atoms. The normalized spacial score (nSPS) is 23.7. The SMILES string of the molecule is CC1CCCC(OC(=O)c2ccc(F)c(S)c2)C1. The van der Waals surface area contributed by atoms with Crippen molar-refractivity contribution in [3.63, 3.8) is 0 Å². The van der Waals surface area contributed by atoms with Crippen molar-refractivity contribution in [3.05, 3.63) is 29.6 Å². The Morgan fingerprint density at radius 2 is 2.22 bits per heavy atom. The lowest BCUT2D eigenvalue weighted by molar-refractivity contribution is 0.0155. The molecular formula is C14H17FO2S. The molecule has 0 aliphatic heterocycles. The van der Waals surface area contributed by atoms with Gasteiger partial charge in [0, 0.05) is 4.90 Å². The van der Waals surface area contributed by atoms with Crippen LogP contribution < -0.4 is 0 Å². The van der Waals surface area contributed by atoms with Gasteiger partial charge >= 0.3 is 5.97 Å². The summed E-state index contributed by atoms with van der Waals surface area (Å²) in [5.41, 5.74) is 0.361. The van der Waals surface area contributed by atoms with Gasteiger partial charge in [0.2, 0.25) is 0 Å². The highest BCUT2D eigenvalue weighted by Crippen LogP contribution is 2.26. The number of hydrogen-bond acceptors (Lipinski definition) is 3. The Morgan fingerprint density at radius 3 is 2.89 bits per heavy atom. The molecule has 18 heavy (non-hydrogen) atoms. The summed E-state index contributed by atoms with van der Waals surface area (Å²) in [4.78, 5) is 12.1. The van der Waals surface area contributed by atoms with Gasteiger partial charge in [-0.05, 0) is 43.4 Å². The first kappa shape index (κ1) is 13.4. The lowest BCUT2D eigenvalue weighted by atomic mass is 9.89. The summed E-state index contributed by atoms with van der Waals surface area (Å²) >= 11 is 3.96. The minimum Gasteiger partial charge on any atom is -0.459 e. The highest BCUT2D eigenvalue weighted by Gasteiger charge is 2.22. The van der Waals surface area contributed by atoms with Gasteiger partial charge in [-0.25, -0.2) is 9.18 Å². The molecule has 2 nitrogen and oxygen atoms in total. The zero-order valence-corrected chi connectivity index (χ0v) is 11.3. The topological polar surface area (TPSA) is 26.3 Å². The van der Waals surface area contributed by atoms with Gasteiger partial charge in [0.25, 0.3) is 0 Å². The molecule has 0 aromatic heterocycles. The van der Waals surface area contributed by atoms with Crippen molar-refractivity contribution in [2.75, 3.05) is 0 Å². The minimum atomic E-state index is -0.429. The molecule has 1 aromatic carbocycles. The predicted molar refractivity (Wildman–Crippen MR) is 70.5 cm³/mol. The number of carbonyl (C=O) groups is 1. The molecule has 4 heteroatoms. The van der Waals surface area contributed by atoms with Crippen LogP contribution in [-0.2, 0) is 4.74 Å². The minimum absolute atomic E-state index is 0.00493. The monoisotopic (exact) mass is 268 g/mol. The third kappa shape index (κ3) is 3.25. The molecule has 0 amide bonds. The molecule has 98 valence electrons. The Bertz CT molecular complexity index is 447. The molecule has 0 saturated heterocycles. The van der Waals surface area contributed by atoms with Crippen LogP contribution in [0.2, 0.25) is 0 Å². The van der Waals surface area contributed by atoms with Crippen LogP contribution in [0.25, 0.3) is 0 Å². The number of carbonyl (C=O) groups excluding carboxylic acids is 1. The highest BCUT2D eigenvalue weighted by molar-refractivity contribution is 7.80. The van der Waals surface area contributed by atoms with Gasteiger partial charge in [-0.2, -0.15) is 0 Å². The number of ether oxygens (including phenoxy) is 1. The van der Waals surface area contributed by atoms with Crippen molar-refractivity contribution in [2.24, 2.45) is 5.92 Å². The Hall–Kier alpha value is -1.03. The highest BCUT2D eigenvalue weighted by atomic mass is 32.1. The van der Waals surface area contributed by atoms with E-state index < -0.39 is 5.82 Å². The van der Waals surface area contributed by atoms with E-state index in [0.29, 0.717) is 11.5 Å². The number of benzene rings is 1. The van der Waals surface area contributed by atoms with E-state index in [1.165, 1.54) is 24.6 Å². The van der Waals surface area contributed by atoms with E-state index in [-0.39, 0.29) is 17.0 Å². The van der Waals surface area contributed by atoms with Crippen molar-refractivity contribution < 1.29 is 13.9 Å². The maximum atomic E-state index is 13.0. The lowest BCUT2D eigenvalue weighted by Gasteiger charge is -2.26. The maximum Gasteiger partial charge on any atom is 0.338 e. The van der Waals surface area contributed by atoms with Gasteiger partial charge in [0.15, 0.2) is 0 Å². The smallest absolute Gasteiger partial charge is 0.338 e. The fourth-order valence-corrected chi connectivity index (χ4v) is 2.56. The molecule has 0 bridgehead atoms. The van der Waals surface area contributed by atoms with Gasteiger partial charge in [-0.1, -0.05) is 13.3 Å². The molecular weight excluding hydrogens is 251 g/mol. The molecule has 1 saturated carbocycles. The van der Waals surface area contributed by atoms with Gasteiger partial charge in [0.1, 0.15) is 11.9 Å². The van der Waals surface area contributed by atoms with Crippen LogP contribution in [0, 0.1) is 11.7 Å². The molecule has 1 fully saturated rings. The summed E-state index contributed by atoms with van der Waals surface area (Å²) in [5, 5.41) is 0. The van der Waals surface area contributed by atoms with Crippen molar-refractivity contribution in [1.29, 1.82) is 0 Å². The Balaban J connectivity index is 2.00. The van der Waals surface area contributed by atoms with Crippen LogP contribution in [-0.4, -0.2) is 12.1 Å². The molecule has 2 unspecified atom stereocenters. The van der Waals surface area contributed by atoms with Crippen LogP contribution in [0.4, 0.5) is 4.39 Å². The Morgan fingerprint density at radius 1 is 1.44 bits per heavy atom. The van der Waals surface area contributed by atoms with Crippen molar-refractivity contribution in [2.45, 2.75) is 43.6 Å². The van der Waals surface area contributed by atoms with E-state index in [4.69, 9.17) is 4.74 Å². The fourth-order valence-electron chi connectivity index (χ4n) is 2.34. The van der Waals surface area contributed by atoms with Crippen molar-refractivity contribution in [3.8, 4) is 0 Å². The zero-order chi connectivity index (χ0) is 13.1. The van der Waals surface area contributed by atoms with E-state index in [2.05, 4.69) is 19.6 Å². The Labute approximate surface area is 112 Å². The second-order valence-electron chi connectivity index (χ2n) is 4.97. The summed E-state index contributed by atoms with van der Waals surface area (Å²) in [6.07, 6.45) is 4.13. The van der Waals surface area contributed by atoms with E-state index in [9.17, 15) is 9.18 Å². The average molecular weight is 268 g/mol. The number of rotatable bonds is 2. The molecule has 0 radical (unpaired) electrons. The third-order valence-corrected chi connectivity index (χ3v) is 3.69. The second-order valence-corrected chi connectivity index (χ2v) is 5.45. The van der Waals surface area contributed by atoms with Crippen molar-refractivity contribution >= 4 is 18.6 Å². The number of thiol groups is 1. The van der Waals surface area contributed by atoms with Gasteiger partial charge < -0.3 is 4.74 Å². The largest absolute Gasteiger partial charge is 0.459 e. The number of hydrogen-bond donors (Lipinski definition) is 1. The molecule has 0 N–H and O–H groups in total. The predicted octanol–water partition coefficient (Wildman–Crippen LogP) is 3.85. The van der Waals surface area contributed by atoms with E-state index in [1.807, 2.05) is 0 Å². The number of esters is 1. The van der Waals surface area contributed by atoms with Crippen LogP contribution in [0.1, 0.15) is 43.0 Å². The van der Waals surface area contributed by atoms with Gasteiger partial charge in [-0.15, -0.1) is 12.6 Å². The summed E-state index contributed by atoms with van der Waals surface area (Å²) < 4.78 is 18.5. The van der Waals surface area contributed by atoms with Crippen LogP contribution in [0.5, 0.6) is 0 Å². The van der Waals surface area contributed by atoms with E-state index >= 15 is 0 Å². The first-order chi connectivity index (χ1) is 8.56. The third-order valence-electron chi connectivity index (χ3n) is 3.34. The molecule has 1 aromatic rings. The first-order valence-electron chi connectivity index (χ1n) is 6.25. The molecule has 2 atom stereocenters. The number of halogens is 1. The quantitative estimate of drug-likeness (QED) is 0.651. The Kier molecular flexibility index (Phi) is 4.27. The fraction of sp³-hybridized carbons (Fsp3) is 0.500. The zero-order valence-electron chi connectivity index (χ0n) is 10.4. The molecule has 2 rings (SSSR count). The average Bonchev–Trinajstić information content (AvgIpc) is 2.32. The van der Waals surface area contributed by atoms with Crippen LogP contribution in [0.3, 0.4) is 0 Å². The lowest BCUT2D eigenvalue weighted by Crippen LogP contribution is -2.24. The molecule has 1 aliphatic rings. The van der Waals surface area contributed by atoms with Crippen LogP contribution >= 0.6 is 12.6 Å². The van der Waals surface area contributed by atoms with Gasteiger partial charge in [0.05, 0.1) is 5.56 Å². The maximum absolute atomic E-state index is 13.0. The summed E-state index contributed by atoms with van der Waals surface area (Å²) in [6, 6.07) is 4.08. The van der Waals surface area contributed by atoms with Crippen LogP contribution in [0.15, 0.2) is 23.1 Å². The van der Waals surface area contributed by atoms with E-state index in [1.54, 1.807) is 0 Å². The summed E-state index contributed by atoms with van der Waals surface area (Å²) in [7, 11) is 0. The standard InChI is InChI=1S/C14H17FO2S/c1-9-3-2-4-11(7-9)17-14(16)10-5-6-12(15)13(18)8-10/h5-6,8-9,11,18H,2-4,7H2,1H3. The molecule has 0 heterocycles. The summed E-state index contributed by atoms with van der Waals surface area (Å²) in [6.45, 7) is 2.17. The van der Waals surface area contributed by atoms with Gasteiger partial charge in [-0.3, -0.25) is 0 Å². The first-order valence-corrected chi connectivity index (χ1v) is 6.70. The summed E-state index contributed by atoms with van der Waals surface area (Å²) in [5.74, 6) is -0.212.